The first-order chi connectivity index (χ1) is 14.1. The number of hydrogen-bond acceptors (Lipinski definition) is 5. The molecule has 0 spiro atoms. The van der Waals surface area contributed by atoms with Crippen LogP contribution >= 0.6 is 11.8 Å². The van der Waals surface area contributed by atoms with Crippen molar-refractivity contribution in [3.63, 3.8) is 0 Å². The predicted molar refractivity (Wildman–Crippen MR) is 111 cm³/mol. The Morgan fingerprint density at radius 2 is 1.76 bits per heavy atom. The van der Waals surface area contributed by atoms with E-state index in [1.165, 1.54) is 6.42 Å². The van der Waals surface area contributed by atoms with Crippen molar-refractivity contribution < 1.29 is 19.1 Å². The lowest BCUT2D eigenvalue weighted by Crippen LogP contribution is -2.47. The summed E-state index contributed by atoms with van der Waals surface area (Å²) >= 11 is 1.63. The summed E-state index contributed by atoms with van der Waals surface area (Å²) in [5, 5.41) is 0. The molecule has 156 valence electrons. The Balaban J connectivity index is 1.40. The first kappa shape index (κ1) is 20.3. The number of carbonyl (C=O) groups is 3. The van der Waals surface area contributed by atoms with Gasteiger partial charge >= 0.3 is 5.97 Å². The molecule has 0 N–H and O–H groups in total. The minimum absolute atomic E-state index is 0.0177. The summed E-state index contributed by atoms with van der Waals surface area (Å²) in [5.41, 5.74) is 1.04. The topological polar surface area (TPSA) is 66.9 Å². The second kappa shape index (κ2) is 8.78. The third-order valence-electron chi connectivity index (χ3n) is 6.17. The fraction of sp³-hybridized carbons (Fsp3) is 0.591. The molecule has 2 amide bonds. The molecule has 3 aliphatic heterocycles. The summed E-state index contributed by atoms with van der Waals surface area (Å²) in [4.78, 5) is 41.0. The lowest BCUT2D eigenvalue weighted by atomic mass is 10.0. The van der Waals surface area contributed by atoms with Gasteiger partial charge in [0.15, 0.2) is 6.61 Å². The van der Waals surface area contributed by atoms with E-state index < -0.39 is 16.9 Å². The fourth-order valence-corrected chi connectivity index (χ4v) is 6.27. The maximum Gasteiger partial charge on any atom is 0.330 e. The molecule has 0 unspecified atom stereocenters. The van der Waals surface area contributed by atoms with E-state index in [2.05, 4.69) is 0 Å². The van der Waals surface area contributed by atoms with Gasteiger partial charge in [-0.1, -0.05) is 49.6 Å². The van der Waals surface area contributed by atoms with E-state index in [0.717, 1.165) is 44.3 Å². The van der Waals surface area contributed by atoms with Crippen molar-refractivity contribution in [2.75, 3.05) is 25.4 Å². The van der Waals surface area contributed by atoms with Crippen LogP contribution in [0, 0.1) is 0 Å². The summed E-state index contributed by atoms with van der Waals surface area (Å²) < 4.78 is 5.41. The van der Waals surface area contributed by atoms with Crippen LogP contribution in [0.3, 0.4) is 0 Å². The molecule has 0 bridgehead atoms. The quantitative estimate of drug-likeness (QED) is 0.706. The van der Waals surface area contributed by atoms with Crippen molar-refractivity contribution in [1.82, 2.24) is 9.80 Å². The monoisotopic (exact) mass is 416 g/mol. The first-order valence-electron chi connectivity index (χ1n) is 10.6. The predicted octanol–water partition coefficient (Wildman–Crippen LogP) is 2.91. The van der Waals surface area contributed by atoms with Crippen molar-refractivity contribution in [2.45, 2.75) is 55.9 Å². The van der Waals surface area contributed by atoms with Crippen LogP contribution in [-0.4, -0.2) is 59.1 Å². The normalized spacial score (nSPS) is 27.3. The van der Waals surface area contributed by atoms with Crippen molar-refractivity contribution >= 4 is 29.5 Å². The number of fused-ring (bicyclic) bond motifs is 1. The highest BCUT2D eigenvalue weighted by molar-refractivity contribution is 8.00. The highest BCUT2D eigenvalue weighted by atomic mass is 32.2. The minimum atomic E-state index is -0.629. The number of amides is 2. The SMILES string of the molecule is O=C(OCC(=O)N1CCCCCCC1)[C@H]1CS[C@]2(c3ccccc3)CCC(=O)N12. The Kier molecular flexibility index (Phi) is 6.13. The standard InChI is InChI=1S/C22H28N2O4S/c25-19-11-12-22(17-9-5-4-6-10-17)24(19)18(16-29-22)21(27)28-15-20(26)23-13-7-2-1-3-8-14-23/h4-6,9-10,18H,1-3,7-8,11-16H2/t18-,22+/m1/s1. The van der Waals surface area contributed by atoms with Crippen LogP contribution in [0.25, 0.3) is 0 Å². The van der Waals surface area contributed by atoms with Crippen molar-refractivity contribution in [3.05, 3.63) is 35.9 Å². The van der Waals surface area contributed by atoms with Gasteiger partial charge in [-0.15, -0.1) is 11.8 Å². The molecule has 3 saturated heterocycles. The number of ether oxygens (including phenoxy) is 1. The van der Waals surface area contributed by atoms with Gasteiger partial charge in [-0.05, 0) is 24.8 Å². The molecule has 1 aromatic carbocycles. The fourth-order valence-electron chi connectivity index (χ4n) is 4.63. The number of rotatable bonds is 4. The van der Waals surface area contributed by atoms with Crippen molar-refractivity contribution in [1.29, 1.82) is 0 Å². The molecule has 7 heteroatoms. The Hall–Kier alpha value is -2.02. The van der Waals surface area contributed by atoms with Crippen LogP contribution in [0.5, 0.6) is 0 Å². The van der Waals surface area contributed by atoms with E-state index in [4.69, 9.17) is 4.74 Å². The highest BCUT2D eigenvalue weighted by Gasteiger charge is 2.57. The van der Waals surface area contributed by atoms with Crippen LogP contribution in [0.15, 0.2) is 30.3 Å². The molecule has 0 aliphatic carbocycles. The Morgan fingerprint density at radius 1 is 1.07 bits per heavy atom. The number of benzene rings is 1. The molecule has 3 aliphatic rings. The van der Waals surface area contributed by atoms with Crippen LogP contribution in [-0.2, 0) is 24.0 Å². The number of nitrogens with zero attached hydrogens (tertiary/aromatic N) is 2. The highest BCUT2D eigenvalue weighted by Crippen LogP contribution is 2.54. The molecule has 0 aromatic heterocycles. The molecular weight excluding hydrogens is 388 g/mol. The molecule has 0 radical (unpaired) electrons. The number of esters is 1. The maximum atomic E-state index is 12.8. The lowest BCUT2D eigenvalue weighted by molar-refractivity contribution is -0.158. The van der Waals surface area contributed by atoms with Gasteiger partial charge in [0, 0.05) is 25.3 Å². The molecule has 1 aromatic rings. The third-order valence-corrected chi connectivity index (χ3v) is 7.77. The zero-order valence-electron chi connectivity index (χ0n) is 16.7. The molecule has 3 heterocycles. The second-order valence-corrected chi connectivity index (χ2v) is 9.29. The number of thioether (sulfide) groups is 1. The van der Waals surface area contributed by atoms with Gasteiger partial charge in [-0.3, -0.25) is 9.59 Å². The van der Waals surface area contributed by atoms with E-state index in [1.54, 1.807) is 16.7 Å². The lowest BCUT2D eigenvalue weighted by Gasteiger charge is -2.33. The average molecular weight is 417 g/mol. The molecule has 29 heavy (non-hydrogen) atoms. The van der Waals surface area contributed by atoms with Gasteiger partial charge in [0.1, 0.15) is 10.9 Å². The molecule has 4 rings (SSSR count). The summed E-state index contributed by atoms with van der Waals surface area (Å²) in [5.74, 6) is -0.119. The van der Waals surface area contributed by atoms with Crippen LogP contribution < -0.4 is 0 Å². The van der Waals surface area contributed by atoms with Crippen LogP contribution in [0.4, 0.5) is 0 Å². The van der Waals surface area contributed by atoms with Crippen LogP contribution in [0.2, 0.25) is 0 Å². The van der Waals surface area contributed by atoms with E-state index in [1.807, 2.05) is 35.2 Å². The summed E-state index contributed by atoms with van der Waals surface area (Å²) in [6, 6.07) is 9.26. The molecule has 6 nitrogen and oxygen atoms in total. The van der Waals surface area contributed by atoms with Gasteiger partial charge in [0.25, 0.3) is 5.91 Å². The van der Waals surface area contributed by atoms with E-state index >= 15 is 0 Å². The van der Waals surface area contributed by atoms with Crippen molar-refractivity contribution in [3.8, 4) is 0 Å². The number of carbonyl (C=O) groups excluding carboxylic acids is 3. The third kappa shape index (κ3) is 4.02. The van der Waals surface area contributed by atoms with Gasteiger partial charge in [0.05, 0.1) is 0 Å². The molecule has 3 fully saturated rings. The summed E-state index contributed by atoms with van der Waals surface area (Å²) in [6.07, 6.45) is 6.63. The summed E-state index contributed by atoms with van der Waals surface area (Å²) in [6.45, 7) is 1.23. The Labute approximate surface area is 175 Å². The average Bonchev–Trinajstić information content (AvgIpc) is 3.26. The van der Waals surface area contributed by atoms with Gasteiger partial charge in [-0.2, -0.15) is 0 Å². The van der Waals surface area contributed by atoms with Crippen LogP contribution in [0.1, 0.15) is 50.5 Å². The summed E-state index contributed by atoms with van der Waals surface area (Å²) in [7, 11) is 0. The number of hydrogen-bond donors (Lipinski definition) is 0. The molecule has 0 saturated carbocycles. The van der Waals surface area contributed by atoms with Crippen molar-refractivity contribution in [2.24, 2.45) is 0 Å². The Morgan fingerprint density at radius 3 is 2.48 bits per heavy atom. The van der Waals surface area contributed by atoms with Gasteiger partial charge in [0.2, 0.25) is 5.91 Å². The van der Waals surface area contributed by atoms with Gasteiger partial charge < -0.3 is 14.5 Å². The zero-order valence-corrected chi connectivity index (χ0v) is 17.5. The van der Waals surface area contributed by atoms with E-state index in [-0.39, 0.29) is 18.4 Å². The van der Waals surface area contributed by atoms with Gasteiger partial charge in [-0.25, -0.2) is 4.79 Å². The largest absolute Gasteiger partial charge is 0.454 e. The Bertz CT molecular complexity index is 763. The maximum absolute atomic E-state index is 12.8. The number of likely N-dealkylation sites (tertiary alicyclic amines) is 1. The smallest absolute Gasteiger partial charge is 0.330 e. The van der Waals surface area contributed by atoms with E-state index in [9.17, 15) is 14.4 Å². The second-order valence-electron chi connectivity index (χ2n) is 8.00. The minimum Gasteiger partial charge on any atom is -0.454 e. The zero-order chi connectivity index (χ0) is 20.3. The first-order valence-corrected chi connectivity index (χ1v) is 11.6. The molecular formula is C22H28N2O4S. The molecule has 2 atom stereocenters. The van der Waals surface area contributed by atoms with E-state index in [0.29, 0.717) is 18.6 Å².